The third-order valence-electron chi connectivity index (χ3n) is 4.34. The highest BCUT2D eigenvalue weighted by atomic mass is 79.9. The number of nitrogens with one attached hydrogen (secondary N) is 1. The second-order valence-electron chi connectivity index (χ2n) is 6.39. The molecule has 3 rings (SSSR count). The third-order valence-corrected chi connectivity index (χ3v) is 5.00. The summed E-state index contributed by atoms with van der Waals surface area (Å²) in [6.45, 7) is 5.53. The zero-order valence-electron chi connectivity index (χ0n) is 16.1. The summed E-state index contributed by atoms with van der Waals surface area (Å²) in [6.07, 6.45) is 3.91. The van der Waals surface area contributed by atoms with Crippen molar-refractivity contribution >= 4 is 21.8 Å². The van der Waals surface area contributed by atoms with Gasteiger partial charge in [-0.3, -0.25) is 9.48 Å². The first-order chi connectivity index (χ1) is 13.6. The SMILES string of the molecule is CCCc1ccc(OCc2ccc(C(=O)NCc3c(Br)cnn3CC)o2)cc1. The number of halogens is 1. The van der Waals surface area contributed by atoms with Crippen LogP contribution in [0.1, 0.15) is 47.8 Å². The summed E-state index contributed by atoms with van der Waals surface area (Å²) in [7, 11) is 0. The fourth-order valence-electron chi connectivity index (χ4n) is 2.86. The van der Waals surface area contributed by atoms with E-state index in [1.807, 2.05) is 23.7 Å². The first-order valence-electron chi connectivity index (χ1n) is 9.39. The molecule has 1 N–H and O–H groups in total. The summed E-state index contributed by atoms with van der Waals surface area (Å²) >= 11 is 3.45. The maximum Gasteiger partial charge on any atom is 0.287 e. The van der Waals surface area contributed by atoms with Crippen LogP contribution in [0.25, 0.3) is 0 Å². The fourth-order valence-corrected chi connectivity index (χ4v) is 3.30. The number of aryl methyl sites for hydroxylation is 2. The minimum atomic E-state index is -0.272. The summed E-state index contributed by atoms with van der Waals surface area (Å²) in [5.74, 6) is 1.36. The van der Waals surface area contributed by atoms with E-state index in [0.717, 1.165) is 35.3 Å². The second kappa shape index (κ2) is 9.59. The van der Waals surface area contributed by atoms with Crippen molar-refractivity contribution in [1.29, 1.82) is 0 Å². The lowest BCUT2D eigenvalue weighted by Crippen LogP contribution is -2.24. The van der Waals surface area contributed by atoms with Crippen LogP contribution in [0.4, 0.5) is 0 Å². The minimum absolute atomic E-state index is 0.260. The molecule has 0 unspecified atom stereocenters. The number of amides is 1. The Bertz CT molecular complexity index is 915. The van der Waals surface area contributed by atoms with Gasteiger partial charge >= 0.3 is 0 Å². The largest absolute Gasteiger partial charge is 0.486 e. The smallest absolute Gasteiger partial charge is 0.287 e. The molecule has 0 aliphatic heterocycles. The molecule has 0 fully saturated rings. The minimum Gasteiger partial charge on any atom is -0.486 e. The van der Waals surface area contributed by atoms with Crippen LogP contribution in [0.2, 0.25) is 0 Å². The van der Waals surface area contributed by atoms with E-state index in [2.05, 4.69) is 45.4 Å². The predicted octanol–water partition coefficient (Wildman–Crippen LogP) is 4.72. The molecule has 1 aromatic carbocycles. The van der Waals surface area contributed by atoms with Gasteiger partial charge in [0.05, 0.1) is 22.9 Å². The highest BCUT2D eigenvalue weighted by molar-refractivity contribution is 9.10. The van der Waals surface area contributed by atoms with Gasteiger partial charge in [0.1, 0.15) is 18.1 Å². The first-order valence-corrected chi connectivity index (χ1v) is 10.2. The van der Waals surface area contributed by atoms with Crippen LogP contribution >= 0.6 is 15.9 Å². The molecule has 2 aromatic heterocycles. The van der Waals surface area contributed by atoms with Gasteiger partial charge in [-0.1, -0.05) is 25.5 Å². The molecule has 1 amide bonds. The molecule has 2 heterocycles. The van der Waals surface area contributed by atoms with E-state index in [4.69, 9.17) is 9.15 Å². The number of hydrogen-bond donors (Lipinski definition) is 1. The summed E-state index contributed by atoms with van der Waals surface area (Å²) < 4.78 is 14.1. The second-order valence-corrected chi connectivity index (χ2v) is 7.24. The predicted molar refractivity (Wildman–Crippen MR) is 110 cm³/mol. The Hall–Kier alpha value is -2.54. The lowest BCUT2D eigenvalue weighted by Gasteiger charge is -2.07. The van der Waals surface area contributed by atoms with Crippen molar-refractivity contribution in [1.82, 2.24) is 15.1 Å². The molecular formula is C21H24BrN3O3. The number of nitrogens with zero attached hydrogens (tertiary/aromatic N) is 2. The zero-order valence-corrected chi connectivity index (χ0v) is 17.7. The maximum absolute atomic E-state index is 12.3. The van der Waals surface area contributed by atoms with Gasteiger partial charge in [0.2, 0.25) is 0 Å². The van der Waals surface area contributed by atoms with E-state index < -0.39 is 0 Å². The summed E-state index contributed by atoms with van der Waals surface area (Å²) in [6, 6.07) is 11.5. The summed E-state index contributed by atoms with van der Waals surface area (Å²) in [5.41, 5.74) is 2.21. The molecular weight excluding hydrogens is 422 g/mol. The molecule has 148 valence electrons. The average Bonchev–Trinajstić information content (AvgIpc) is 3.32. The van der Waals surface area contributed by atoms with E-state index in [-0.39, 0.29) is 18.3 Å². The Balaban J connectivity index is 1.53. The molecule has 0 bridgehead atoms. The molecule has 0 radical (unpaired) electrons. The van der Waals surface area contributed by atoms with Crippen molar-refractivity contribution in [2.24, 2.45) is 0 Å². The molecule has 28 heavy (non-hydrogen) atoms. The molecule has 0 saturated carbocycles. The Labute approximate surface area is 173 Å². The number of carbonyl (C=O) groups excluding carboxylic acids is 1. The molecule has 0 spiro atoms. The number of furan rings is 1. The van der Waals surface area contributed by atoms with Gasteiger partial charge in [-0.2, -0.15) is 5.10 Å². The zero-order chi connectivity index (χ0) is 19.9. The van der Waals surface area contributed by atoms with Crippen molar-refractivity contribution in [3.8, 4) is 5.75 Å². The van der Waals surface area contributed by atoms with Crippen LogP contribution in [0.3, 0.4) is 0 Å². The standard InChI is InChI=1S/C21H24BrN3O3/c1-3-5-15-6-8-16(9-7-15)27-14-17-10-11-20(28-17)21(26)23-13-19-18(22)12-24-25(19)4-2/h6-12H,3-5,13-14H2,1-2H3,(H,23,26). The number of ether oxygens (including phenoxy) is 1. The van der Waals surface area contributed by atoms with Crippen molar-refractivity contribution in [3.63, 3.8) is 0 Å². The van der Waals surface area contributed by atoms with Crippen LogP contribution in [-0.2, 0) is 26.1 Å². The van der Waals surface area contributed by atoms with E-state index >= 15 is 0 Å². The van der Waals surface area contributed by atoms with E-state index in [9.17, 15) is 4.79 Å². The van der Waals surface area contributed by atoms with Gasteiger partial charge in [-0.15, -0.1) is 0 Å². The first kappa shape index (κ1) is 20.2. The third kappa shape index (κ3) is 5.04. The lowest BCUT2D eigenvalue weighted by atomic mass is 10.1. The normalized spacial score (nSPS) is 10.8. The molecule has 0 atom stereocenters. The van der Waals surface area contributed by atoms with E-state index in [0.29, 0.717) is 12.3 Å². The van der Waals surface area contributed by atoms with Gasteiger partial charge in [0.25, 0.3) is 5.91 Å². The van der Waals surface area contributed by atoms with Crippen LogP contribution in [0.5, 0.6) is 5.75 Å². The van der Waals surface area contributed by atoms with Crippen LogP contribution in [0.15, 0.2) is 51.5 Å². The summed E-state index contributed by atoms with van der Waals surface area (Å²) in [4.78, 5) is 12.3. The van der Waals surface area contributed by atoms with Crippen molar-refractivity contribution in [2.45, 2.75) is 46.4 Å². The maximum atomic E-state index is 12.3. The molecule has 3 aromatic rings. The van der Waals surface area contributed by atoms with Crippen molar-refractivity contribution in [2.75, 3.05) is 0 Å². The highest BCUT2D eigenvalue weighted by Gasteiger charge is 2.14. The van der Waals surface area contributed by atoms with E-state index in [1.54, 1.807) is 18.3 Å². The van der Waals surface area contributed by atoms with Crippen molar-refractivity contribution in [3.05, 3.63) is 69.8 Å². The number of carbonyl (C=O) groups is 1. The molecule has 7 heteroatoms. The summed E-state index contributed by atoms with van der Waals surface area (Å²) in [5, 5.41) is 7.09. The van der Waals surface area contributed by atoms with Gasteiger partial charge < -0.3 is 14.5 Å². The average molecular weight is 446 g/mol. The quantitative estimate of drug-likeness (QED) is 0.517. The molecule has 0 saturated heterocycles. The Morgan fingerprint density at radius 2 is 2.00 bits per heavy atom. The Morgan fingerprint density at radius 1 is 1.21 bits per heavy atom. The van der Waals surface area contributed by atoms with Crippen LogP contribution in [0, 0.1) is 0 Å². The molecule has 6 nitrogen and oxygen atoms in total. The molecule has 0 aliphatic rings. The Morgan fingerprint density at radius 3 is 2.71 bits per heavy atom. The fraction of sp³-hybridized carbons (Fsp3) is 0.333. The van der Waals surface area contributed by atoms with Crippen LogP contribution < -0.4 is 10.1 Å². The number of benzene rings is 1. The van der Waals surface area contributed by atoms with Gasteiger partial charge in [-0.05, 0) is 59.1 Å². The topological polar surface area (TPSA) is 69.3 Å². The van der Waals surface area contributed by atoms with E-state index in [1.165, 1.54) is 5.56 Å². The van der Waals surface area contributed by atoms with Gasteiger partial charge in [0, 0.05) is 6.54 Å². The number of hydrogen-bond acceptors (Lipinski definition) is 4. The highest BCUT2D eigenvalue weighted by Crippen LogP contribution is 2.18. The lowest BCUT2D eigenvalue weighted by molar-refractivity contribution is 0.0918. The van der Waals surface area contributed by atoms with Gasteiger partial charge in [0.15, 0.2) is 5.76 Å². The van der Waals surface area contributed by atoms with Crippen LogP contribution in [-0.4, -0.2) is 15.7 Å². The van der Waals surface area contributed by atoms with Gasteiger partial charge in [-0.25, -0.2) is 0 Å². The Kier molecular flexibility index (Phi) is 6.92. The van der Waals surface area contributed by atoms with Crippen molar-refractivity contribution < 1.29 is 13.9 Å². The monoisotopic (exact) mass is 445 g/mol. The number of aromatic nitrogens is 2. The molecule has 0 aliphatic carbocycles. The number of rotatable bonds is 9.